The number of nitrogens with one attached hydrogen (secondary N) is 2. The zero-order valence-electron chi connectivity index (χ0n) is 15.7. The van der Waals surface area contributed by atoms with E-state index in [1.54, 1.807) is 0 Å². The Bertz CT molecular complexity index is 390. The second-order valence-electron chi connectivity index (χ2n) is 8.24. The summed E-state index contributed by atoms with van der Waals surface area (Å²) in [6.45, 7) is 7.37. The van der Waals surface area contributed by atoms with Crippen molar-refractivity contribution in [1.82, 2.24) is 15.5 Å². The minimum Gasteiger partial charge on any atom is -0.381 e. The van der Waals surface area contributed by atoms with Crippen LogP contribution in [-0.4, -0.2) is 63.3 Å². The van der Waals surface area contributed by atoms with Crippen LogP contribution in [0.15, 0.2) is 4.99 Å². The van der Waals surface area contributed by atoms with Crippen LogP contribution in [0.1, 0.15) is 52.4 Å². The molecule has 0 spiro atoms. The molecule has 0 amide bonds. The molecule has 0 bridgehead atoms. The molecule has 0 aromatic carbocycles. The molecule has 1 saturated heterocycles. The topological polar surface area (TPSA) is 48.9 Å². The van der Waals surface area contributed by atoms with E-state index in [-0.39, 0.29) is 5.54 Å². The normalized spacial score (nSPS) is 25.4. The molecule has 2 rings (SSSR count). The van der Waals surface area contributed by atoms with Crippen LogP contribution < -0.4 is 10.6 Å². The number of ether oxygens (including phenoxy) is 1. The van der Waals surface area contributed by atoms with E-state index in [0.29, 0.717) is 11.5 Å². The second-order valence-corrected chi connectivity index (χ2v) is 8.24. The van der Waals surface area contributed by atoms with Gasteiger partial charge in [0.2, 0.25) is 0 Å². The maximum absolute atomic E-state index is 5.55. The van der Waals surface area contributed by atoms with Gasteiger partial charge in [0, 0.05) is 38.4 Å². The lowest BCUT2D eigenvalue weighted by molar-refractivity contribution is -0.00504. The number of hydrogen-bond donors (Lipinski definition) is 2. The number of aliphatic imine (C=N–C) groups is 1. The number of hydrogen-bond acceptors (Lipinski definition) is 3. The highest BCUT2D eigenvalue weighted by molar-refractivity contribution is 5.80. The van der Waals surface area contributed by atoms with E-state index in [1.807, 2.05) is 7.05 Å². The third-order valence-electron chi connectivity index (χ3n) is 5.86. The average molecular weight is 325 g/mol. The molecule has 5 nitrogen and oxygen atoms in total. The highest BCUT2D eigenvalue weighted by Crippen LogP contribution is 2.35. The Kier molecular flexibility index (Phi) is 6.32. The molecule has 23 heavy (non-hydrogen) atoms. The maximum Gasteiger partial charge on any atom is 0.191 e. The van der Waals surface area contributed by atoms with Crippen molar-refractivity contribution in [1.29, 1.82) is 0 Å². The molecule has 2 aliphatic rings. The smallest absolute Gasteiger partial charge is 0.191 e. The SMILES string of the molecule is CN=C(NCC1(N(C)C)CCOCC1)NC1CCC(C)(C)CC1. The van der Waals surface area contributed by atoms with E-state index in [4.69, 9.17) is 4.74 Å². The quantitative estimate of drug-likeness (QED) is 0.615. The molecule has 1 saturated carbocycles. The van der Waals surface area contributed by atoms with Crippen LogP contribution >= 0.6 is 0 Å². The summed E-state index contributed by atoms with van der Waals surface area (Å²) in [6.07, 6.45) is 7.20. The molecule has 5 heteroatoms. The molecular formula is C18H36N4O. The van der Waals surface area contributed by atoms with Gasteiger partial charge in [0.25, 0.3) is 0 Å². The highest BCUT2D eigenvalue weighted by Gasteiger charge is 2.35. The number of rotatable bonds is 4. The van der Waals surface area contributed by atoms with Crippen LogP contribution in [0, 0.1) is 5.41 Å². The van der Waals surface area contributed by atoms with Crippen molar-refractivity contribution in [3.05, 3.63) is 0 Å². The van der Waals surface area contributed by atoms with Crippen molar-refractivity contribution in [2.45, 2.75) is 64.0 Å². The van der Waals surface area contributed by atoms with Gasteiger partial charge < -0.3 is 20.3 Å². The average Bonchev–Trinajstić information content (AvgIpc) is 2.53. The lowest BCUT2D eigenvalue weighted by Gasteiger charge is -2.43. The molecule has 0 aromatic rings. The highest BCUT2D eigenvalue weighted by atomic mass is 16.5. The van der Waals surface area contributed by atoms with Gasteiger partial charge in [0.15, 0.2) is 5.96 Å². The lowest BCUT2D eigenvalue weighted by atomic mass is 9.75. The minimum absolute atomic E-state index is 0.171. The molecule has 0 atom stereocenters. The van der Waals surface area contributed by atoms with E-state index in [1.165, 1.54) is 25.7 Å². The van der Waals surface area contributed by atoms with Crippen molar-refractivity contribution >= 4 is 5.96 Å². The van der Waals surface area contributed by atoms with Crippen molar-refractivity contribution < 1.29 is 4.74 Å². The Morgan fingerprint density at radius 2 is 1.74 bits per heavy atom. The first-order valence-corrected chi connectivity index (χ1v) is 9.09. The van der Waals surface area contributed by atoms with Crippen LogP contribution in [0.4, 0.5) is 0 Å². The Balaban J connectivity index is 1.85. The van der Waals surface area contributed by atoms with Crippen LogP contribution in [0.25, 0.3) is 0 Å². The van der Waals surface area contributed by atoms with Gasteiger partial charge in [0.1, 0.15) is 0 Å². The summed E-state index contributed by atoms with van der Waals surface area (Å²) in [6, 6.07) is 0.555. The van der Waals surface area contributed by atoms with E-state index < -0.39 is 0 Å². The molecule has 134 valence electrons. The van der Waals surface area contributed by atoms with Crippen LogP contribution in [0.5, 0.6) is 0 Å². The zero-order chi connectivity index (χ0) is 16.9. The standard InChI is InChI=1S/C18H36N4O/c1-17(2)8-6-15(7-9-17)21-16(19-3)20-14-18(22(4)5)10-12-23-13-11-18/h15H,6-14H2,1-5H3,(H2,19,20,21). The van der Waals surface area contributed by atoms with Gasteiger partial charge in [-0.3, -0.25) is 4.99 Å². The largest absolute Gasteiger partial charge is 0.381 e. The molecule has 1 aliphatic heterocycles. The summed E-state index contributed by atoms with van der Waals surface area (Å²) in [5, 5.41) is 7.20. The van der Waals surface area contributed by atoms with Gasteiger partial charge in [0.05, 0.1) is 0 Å². The Morgan fingerprint density at radius 1 is 1.13 bits per heavy atom. The van der Waals surface area contributed by atoms with Crippen molar-refractivity contribution in [3.63, 3.8) is 0 Å². The fourth-order valence-corrected chi connectivity index (χ4v) is 3.71. The van der Waals surface area contributed by atoms with Crippen LogP contribution in [0.3, 0.4) is 0 Å². The van der Waals surface area contributed by atoms with E-state index in [0.717, 1.165) is 38.6 Å². The monoisotopic (exact) mass is 324 g/mol. The summed E-state index contributed by atoms with van der Waals surface area (Å²) in [5.41, 5.74) is 0.677. The molecule has 2 fully saturated rings. The Labute approximate surface area is 142 Å². The molecular weight excluding hydrogens is 288 g/mol. The molecule has 0 radical (unpaired) electrons. The third-order valence-corrected chi connectivity index (χ3v) is 5.86. The Morgan fingerprint density at radius 3 is 2.26 bits per heavy atom. The summed E-state index contributed by atoms with van der Waals surface area (Å²) in [4.78, 5) is 6.78. The first-order valence-electron chi connectivity index (χ1n) is 9.09. The van der Waals surface area contributed by atoms with Gasteiger partial charge in [-0.15, -0.1) is 0 Å². The molecule has 1 aliphatic carbocycles. The molecule has 0 aromatic heterocycles. The molecule has 1 heterocycles. The number of likely N-dealkylation sites (N-methyl/N-ethyl adjacent to an activating group) is 1. The van der Waals surface area contributed by atoms with Gasteiger partial charge in [-0.1, -0.05) is 13.8 Å². The zero-order valence-corrected chi connectivity index (χ0v) is 15.7. The maximum atomic E-state index is 5.55. The number of guanidine groups is 1. The number of nitrogens with zero attached hydrogens (tertiary/aromatic N) is 2. The van der Waals surface area contributed by atoms with Gasteiger partial charge in [-0.25, -0.2) is 0 Å². The summed E-state index contributed by atoms with van der Waals surface area (Å²) in [7, 11) is 6.22. The third kappa shape index (κ3) is 5.08. The van der Waals surface area contributed by atoms with Crippen LogP contribution in [0.2, 0.25) is 0 Å². The van der Waals surface area contributed by atoms with Gasteiger partial charge >= 0.3 is 0 Å². The van der Waals surface area contributed by atoms with E-state index in [9.17, 15) is 0 Å². The summed E-state index contributed by atoms with van der Waals surface area (Å²) >= 11 is 0. The minimum atomic E-state index is 0.171. The van der Waals surface area contributed by atoms with Crippen molar-refractivity contribution in [3.8, 4) is 0 Å². The Hall–Kier alpha value is -0.810. The summed E-state index contributed by atoms with van der Waals surface area (Å²) in [5.74, 6) is 0.947. The fraction of sp³-hybridized carbons (Fsp3) is 0.944. The first-order chi connectivity index (χ1) is 10.9. The summed E-state index contributed by atoms with van der Waals surface area (Å²) < 4.78 is 5.55. The predicted molar refractivity (Wildman–Crippen MR) is 97.0 cm³/mol. The lowest BCUT2D eigenvalue weighted by Crippen LogP contribution is -2.57. The van der Waals surface area contributed by atoms with Crippen molar-refractivity contribution in [2.24, 2.45) is 10.4 Å². The van der Waals surface area contributed by atoms with Crippen LogP contribution in [-0.2, 0) is 4.74 Å². The first kappa shape index (κ1) is 18.5. The van der Waals surface area contributed by atoms with Gasteiger partial charge in [-0.2, -0.15) is 0 Å². The van der Waals surface area contributed by atoms with E-state index >= 15 is 0 Å². The second kappa shape index (κ2) is 7.84. The van der Waals surface area contributed by atoms with E-state index in [2.05, 4.69) is 48.5 Å². The van der Waals surface area contributed by atoms with Crippen molar-refractivity contribution in [2.75, 3.05) is 40.9 Å². The molecule has 0 unspecified atom stereocenters. The molecule has 2 N–H and O–H groups in total. The van der Waals surface area contributed by atoms with Gasteiger partial charge in [-0.05, 0) is 58.0 Å². The predicted octanol–water partition coefficient (Wildman–Crippen LogP) is 2.23. The fourth-order valence-electron chi connectivity index (χ4n) is 3.71.